The first kappa shape index (κ1) is 10.3. The van der Waals surface area contributed by atoms with E-state index in [0.29, 0.717) is 11.6 Å². The Labute approximate surface area is 103 Å². The molecule has 2 heterocycles. The molecule has 0 radical (unpaired) electrons. The van der Waals surface area contributed by atoms with Crippen LogP contribution in [0.3, 0.4) is 0 Å². The third-order valence-corrected chi connectivity index (χ3v) is 2.77. The monoisotopic (exact) mass is 326 g/mol. The zero-order chi connectivity index (χ0) is 10.8. The molecule has 15 heavy (non-hydrogen) atoms. The van der Waals surface area contributed by atoms with E-state index in [4.69, 9.17) is 5.26 Å². The van der Waals surface area contributed by atoms with Crippen LogP contribution in [0.25, 0.3) is 5.82 Å². The summed E-state index contributed by atoms with van der Waals surface area (Å²) in [4.78, 5) is 8.11. The molecule has 4 nitrogen and oxygen atoms in total. The van der Waals surface area contributed by atoms with E-state index >= 15 is 0 Å². The molecule has 2 rings (SSSR count). The number of nitrogens with zero attached hydrogens (tertiary/aromatic N) is 4. The molecule has 0 N–H and O–H groups in total. The predicted molar refractivity (Wildman–Crippen MR) is 61.5 cm³/mol. The topological polar surface area (TPSA) is 54.5 Å². The Bertz CT molecular complexity index is 541. The van der Waals surface area contributed by atoms with Crippen molar-refractivity contribution in [2.75, 3.05) is 0 Å². The van der Waals surface area contributed by atoms with Gasteiger partial charge in [0.2, 0.25) is 5.82 Å². The Hall–Kier alpha value is -1.19. The van der Waals surface area contributed by atoms with Crippen molar-refractivity contribution < 1.29 is 0 Å². The van der Waals surface area contributed by atoms with Gasteiger partial charge in [-0.3, -0.25) is 4.57 Å². The smallest absolute Gasteiger partial charge is 0.218 e. The van der Waals surface area contributed by atoms with E-state index < -0.39 is 0 Å². The number of halogens is 2. The Morgan fingerprint density at radius 1 is 1.33 bits per heavy atom. The first-order valence-corrected chi connectivity index (χ1v) is 5.56. The first-order valence-electron chi connectivity index (χ1n) is 3.97. The van der Waals surface area contributed by atoms with Crippen LogP contribution in [0.4, 0.5) is 0 Å². The van der Waals surface area contributed by atoms with Gasteiger partial charge in [0.15, 0.2) is 5.82 Å². The molecular formula is C9H4Br2N4. The molecule has 2 aromatic rings. The maximum Gasteiger partial charge on any atom is 0.218 e. The van der Waals surface area contributed by atoms with Crippen molar-refractivity contribution in [3.8, 4) is 11.9 Å². The quantitative estimate of drug-likeness (QED) is 0.809. The summed E-state index contributed by atoms with van der Waals surface area (Å²) in [6, 6.07) is 3.86. The fraction of sp³-hybridized carbons (Fsp3) is 0. The van der Waals surface area contributed by atoms with E-state index in [-0.39, 0.29) is 0 Å². The van der Waals surface area contributed by atoms with E-state index in [1.807, 2.05) is 12.1 Å². The molecule has 6 heteroatoms. The number of aromatic nitrogens is 3. The second kappa shape index (κ2) is 4.13. The Balaban J connectivity index is 2.60. The molecule has 0 amide bonds. The molecule has 0 aliphatic heterocycles. The normalized spacial score (nSPS) is 9.93. The molecule has 0 unspecified atom stereocenters. The highest BCUT2D eigenvalue weighted by Gasteiger charge is 2.08. The summed E-state index contributed by atoms with van der Waals surface area (Å²) < 4.78 is 3.29. The highest BCUT2D eigenvalue weighted by Crippen LogP contribution is 2.23. The summed E-state index contributed by atoms with van der Waals surface area (Å²) in [6.45, 7) is 0. The highest BCUT2D eigenvalue weighted by atomic mass is 79.9. The van der Waals surface area contributed by atoms with Crippen LogP contribution < -0.4 is 0 Å². The van der Waals surface area contributed by atoms with Gasteiger partial charge >= 0.3 is 0 Å². The molecule has 0 spiro atoms. The molecule has 74 valence electrons. The molecule has 0 fully saturated rings. The third kappa shape index (κ3) is 1.94. The Morgan fingerprint density at radius 2 is 2.13 bits per heavy atom. The largest absolute Gasteiger partial charge is 0.274 e. The summed E-state index contributed by atoms with van der Waals surface area (Å²) >= 11 is 6.69. The van der Waals surface area contributed by atoms with Crippen molar-refractivity contribution in [1.29, 1.82) is 5.26 Å². The lowest BCUT2D eigenvalue weighted by Gasteiger charge is -2.04. The number of pyridine rings is 1. The number of nitriles is 1. The van der Waals surface area contributed by atoms with Crippen molar-refractivity contribution in [2.24, 2.45) is 0 Å². The van der Waals surface area contributed by atoms with Crippen LogP contribution >= 0.6 is 31.9 Å². The average molecular weight is 328 g/mol. The first-order chi connectivity index (χ1) is 7.22. The van der Waals surface area contributed by atoms with Crippen molar-refractivity contribution in [3.05, 3.63) is 39.4 Å². The summed E-state index contributed by atoms with van der Waals surface area (Å²) in [5, 5.41) is 8.83. The molecule has 0 aliphatic rings. The molecule has 0 saturated carbocycles. The predicted octanol–water partition coefficient (Wildman–Crippen LogP) is 2.66. The lowest BCUT2D eigenvalue weighted by atomic mass is 10.4. The van der Waals surface area contributed by atoms with Crippen LogP contribution in [0.2, 0.25) is 0 Å². The van der Waals surface area contributed by atoms with Crippen molar-refractivity contribution in [2.45, 2.75) is 0 Å². The zero-order valence-corrected chi connectivity index (χ0v) is 10.5. The van der Waals surface area contributed by atoms with Crippen LogP contribution in [0, 0.1) is 11.3 Å². The lowest BCUT2D eigenvalue weighted by Crippen LogP contribution is -2.00. The summed E-state index contributed by atoms with van der Waals surface area (Å²) in [5.74, 6) is 0.956. The van der Waals surface area contributed by atoms with Crippen molar-refractivity contribution in [1.82, 2.24) is 14.5 Å². The Morgan fingerprint density at radius 3 is 2.80 bits per heavy atom. The van der Waals surface area contributed by atoms with Crippen molar-refractivity contribution >= 4 is 31.9 Å². The second-order valence-electron chi connectivity index (χ2n) is 2.69. The molecule has 0 aromatic carbocycles. The fourth-order valence-electron chi connectivity index (χ4n) is 1.14. The SMILES string of the molecule is N#Cc1nccn1-c1ncc(Br)cc1Br. The number of hydrogen-bond donors (Lipinski definition) is 0. The van der Waals surface area contributed by atoms with Gasteiger partial charge in [0.05, 0.1) is 4.47 Å². The van der Waals surface area contributed by atoms with Gasteiger partial charge in [-0.05, 0) is 37.9 Å². The van der Waals surface area contributed by atoms with Crippen LogP contribution in [0.5, 0.6) is 0 Å². The molecule has 0 saturated heterocycles. The minimum Gasteiger partial charge on any atom is -0.274 e. The maximum atomic E-state index is 8.83. The summed E-state index contributed by atoms with van der Waals surface area (Å²) in [5.41, 5.74) is 0. The summed E-state index contributed by atoms with van der Waals surface area (Å²) in [7, 11) is 0. The molecule has 0 atom stereocenters. The van der Waals surface area contributed by atoms with E-state index in [2.05, 4.69) is 41.8 Å². The van der Waals surface area contributed by atoms with Gasteiger partial charge in [-0.15, -0.1) is 0 Å². The van der Waals surface area contributed by atoms with Gasteiger partial charge in [-0.25, -0.2) is 9.97 Å². The maximum absolute atomic E-state index is 8.83. The lowest BCUT2D eigenvalue weighted by molar-refractivity contribution is 0.957. The number of imidazole rings is 1. The van der Waals surface area contributed by atoms with E-state index in [0.717, 1.165) is 8.95 Å². The van der Waals surface area contributed by atoms with Gasteiger partial charge in [0.1, 0.15) is 6.07 Å². The van der Waals surface area contributed by atoms with Crippen LogP contribution in [-0.4, -0.2) is 14.5 Å². The van der Waals surface area contributed by atoms with Gasteiger partial charge in [0, 0.05) is 23.1 Å². The van der Waals surface area contributed by atoms with E-state index in [1.165, 1.54) is 0 Å². The van der Waals surface area contributed by atoms with Crippen LogP contribution in [-0.2, 0) is 0 Å². The Kier molecular flexibility index (Phi) is 2.84. The van der Waals surface area contributed by atoms with E-state index in [9.17, 15) is 0 Å². The zero-order valence-electron chi connectivity index (χ0n) is 7.35. The third-order valence-electron chi connectivity index (χ3n) is 1.76. The minimum absolute atomic E-state index is 0.311. The second-order valence-corrected chi connectivity index (χ2v) is 4.46. The fourth-order valence-corrected chi connectivity index (χ4v) is 2.32. The standard InChI is InChI=1S/C9H4Br2N4/c10-6-3-7(11)9(14-5-6)15-2-1-13-8(15)4-12/h1-3,5H. The van der Waals surface area contributed by atoms with Gasteiger partial charge in [-0.2, -0.15) is 5.26 Å². The molecule has 2 aromatic heterocycles. The summed E-state index contributed by atoms with van der Waals surface area (Å²) in [6.07, 6.45) is 4.93. The molecule has 0 aliphatic carbocycles. The van der Waals surface area contributed by atoms with Crippen LogP contribution in [0.15, 0.2) is 33.6 Å². The van der Waals surface area contributed by atoms with Gasteiger partial charge < -0.3 is 0 Å². The number of rotatable bonds is 1. The highest BCUT2D eigenvalue weighted by molar-refractivity contribution is 9.11. The average Bonchev–Trinajstić information content (AvgIpc) is 2.65. The van der Waals surface area contributed by atoms with Gasteiger partial charge in [0.25, 0.3) is 0 Å². The van der Waals surface area contributed by atoms with E-state index in [1.54, 1.807) is 23.2 Å². The molecular weight excluding hydrogens is 324 g/mol. The number of hydrogen-bond acceptors (Lipinski definition) is 3. The van der Waals surface area contributed by atoms with Crippen molar-refractivity contribution in [3.63, 3.8) is 0 Å². The minimum atomic E-state index is 0.311. The molecule has 0 bridgehead atoms. The van der Waals surface area contributed by atoms with Gasteiger partial charge in [-0.1, -0.05) is 0 Å². The van der Waals surface area contributed by atoms with Crippen LogP contribution in [0.1, 0.15) is 5.82 Å².